The van der Waals surface area contributed by atoms with Crippen molar-refractivity contribution in [3.63, 3.8) is 0 Å². The second kappa shape index (κ2) is 13.0. The van der Waals surface area contributed by atoms with Crippen LogP contribution in [0.1, 0.15) is 31.5 Å². The van der Waals surface area contributed by atoms with E-state index < -0.39 is 24.0 Å². The average Bonchev–Trinajstić information content (AvgIpc) is 2.88. The molecule has 0 bridgehead atoms. The number of benzene rings is 1. The number of hydrogen-bond acceptors (Lipinski definition) is 6. The summed E-state index contributed by atoms with van der Waals surface area (Å²) in [6.07, 6.45) is 3.09. The molecule has 9 nitrogen and oxygen atoms in total. The molecule has 194 valence electrons. The maximum absolute atomic E-state index is 13.4. The van der Waals surface area contributed by atoms with Crippen molar-refractivity contribution in [3.8, 4) is 5.75 Å². The minimum absolute atomic E-state index is 0.179. The summed E-state index contributed by atoms with van der Waals surface area (Å²) in [5.41, 5.74) is 1.48. The molecule has 3 N–H and O–H groups in total. The summed E-state index contributed by atoms with van der Waals surface area (Å²) in [6.45, 7) is 4.49. The lowest BCUT2D eigenvalue weighted by molar-refractivity contribution is -0.140. The second-order valence-electron chi connectivity index (χ2n) is 8.88. The van der Waals surface area contributed by atoms with Crippen molar-refractivity contribution in [1.82, 2.24) is 25.8 Å². The van der Waals surface area contributed by atoms with Gasteiger partial charge >= 0.3 is 0 Å². The Morgan fingerprint density at radius 1 is 1.08 bits per heavy atom. The van der Waals surface area contributed by atoms with Gasteiger partial charge in [-0.1, -0.05) is 12.1 Å². The van der Waals surface area contributed by atoms with Gasteiger partial charge in [0.1, 0.15) is 30.3 Å². The van der Waals surface area contributed by atoms with E-state index in [4.69, 9.17) is 4.74 Å². The van der Waals surface area contributed by atoms with Gasteiger partial charge in [-0.2, -0.15) is 0 Å². The maximum Gasteiger partial charge on any atom is 0.243 e. The van der Waals surface area contributed by atoms with Gasteiger partial charge in [-0.3, -0.25) is 19.4 Å². The van der Waals surface area contributed by atoms with Gasteiger partial charge in [-0.15, -0.1) is 0 Å². The summed E-state index contributed by atoms with van der Waals surface area (Å²) in [4.78, 5) is 44.7. The largest absolute Gasteiger partial charge is 0.490 e. The molecule has 1 aliphatic heterocycles. The molecule has 0 aliphatic carbocycles. The van der Waals surface area contributed by atoms with E-state index in [2.05, 4.69) is 20.9 Å². The van der Waals surface area contributed by atoms with E-state index in [9.17, 15) is 18.8 Å². The monoisotopic (exact) mass is 499 g/mol. The minimum Gasteiger partial charge on any atom is -0.490 e. The van der Waals surface area contributed by atoms with Crippen molar-refractivity contribution < 1.29 is 23.5 Å². The van der Waals surface area contributed by atoms with Gasteiger partial charge in [0.2, 0.25) is 17.7 Å². The molecule has 1 aromatic heterocycles. The van der Waals surface area contributed by atoms with Gasteiger partial charge in [0.05, 0.1) is 11.7 Å². The lowest BCUT2D eigenvalue weighted by atomic mass is 10.0. The highest BCUT2D eigenvalue weighted by Gasteiger charge is 2.29. The van der Waals surface area contributed by atoms with E-state index in [0.717, 1.165) is 5.69 Å². The van der Waals surface area contributed by atoms with Crippen LogP contribution in [0.25, 0.3) is 0 Å². The van der Waals surface area contributed by atoms with E-state index >= 15 is 0 Å². The molecule has 36 heavy (non-hydrogen) atoms. The summed E-state index contributed by atoms with van der Waals surface area (Å²) in [6, 6.07) is 7.18. The van der Waals surface area contributed by atoms with Gasteiger partial charge < -0.3 is 25.6 Å². The van der Waals surface area contributed by atoms with Crippen molar-refractivity contribution in [3.05, 3.63) is 59.7 Å². The number of carbonyl (C=O) groups excluding carboxylic acids is 3. The highest BCUT2D eigenvalue weighted by Crippen LogP contribution is 2.17. The van der Waals surface area contributed by atoms with Crippen LogP contribution in [-0.2, 0) is 27.2 Å². The van der Waals surface area contributed by atoms with Crippen LogP contribution in [0, 0.1) is 5.82 Å². The lowest BCUT2D eigenvalue weighted by Crippen LogP contribution is -2.56. The number of carbonyl (C=O) groups is 3. The number of amides is 3. The van der Waals surface area contributed by atoms with Crippen LogP contribution >= 0.6 is 0 Å². The first-order valence-electron chi connectivity index (χ1n) is 12.2. The molecule has 1 aromatic carbocycles. The number of ether oxygens (including phenoxy) is 1. The highest BCUT2D eigenvalue weighted by atomic mass is 19.1. The molecule has 1 aliphatic rings. The average molecular weight is 500 g/mol. The molecule has 3 atom stereocenters. The van der Waals surface area contributed by atoms with Crippen LogP contribution in [0.5, 0.6) is 5.75 Å². The number of nitrogens with zero attached hydrogens (tertiary/aromatic N) is 2. The number of halogens is 1. The van der Waals surface area contributed by atoms with Crippen LogP contribution in [0.15, 0.2) is 42.6 Å². The number of fused-ring (bicyclic) bond motifs is 1. The molecule has 3 rings (SSSR count). The number of nitrogens with one attached hydrogen (secondary N) is 3. The van der Waals surface area contributed by atoms with Crippen molar-refractivity contribution >= 4 is 17.7 Å². The smallest absolute Gasteiger partial charge is 0.243 e. The van der Waals surface area contributed by atoms with E-state index in [1.165, 1.54) is 17.0 Å². The van der Waals surface area contributed by atoms with Crippen LogP contribution < -0.4 is 20.7 Å². The minimum atomic E-state index is -0.892. The standard InChI is InChI=1S/C26H34FN5O4/c1-17-26(35)32(3)18(2)24(33)31-22(16-19-8-10-20(27)11-9-19)25(34)30-13-4-6-21-23(7-5-12-29-21)36-15-14-28-17/h5,7-12,17-18,22,28H,4,6,13-16H2,1-3H3,(H,30,34)(H,31,33)/t17?,18-,22-/m1/s1. The van der Waals surface area contributed by atoms with E-state index in [-0.39, 0.29) is 24.1 Å². The van der Waals surface area contributed by atoms with Crippen LogP contribution in [-0.4, -0.2) is 72.5 Å². The quantitative estimate of drug-likeness (QED) is 0.573. The molecular weight excluding hydrogens is 465 g/mol. The van der Waals surface area contributed by atoms with Gasteiger partial charge in [0.15, 0.2) is 0 Å². The van der Waals surface area contributed by atoms with E-state index in [1.54, 1.807) is 45.3 Å². The molecule has 2 aromatic rings. The molecule has 10 heteroatoms. The summed E-state index contributed by atoms with van der Waals surface area (Å²) in [5, 5.41) is 8.77. The van der Waals surface area contributed by atoms with Crippen molar-refractivity contribution in [1.29, 1.82) is 0 Å². The number of hydrogen-bond donors (Lipinski definition) is 3. The van der Waals surface area contributed by atoms with Crippen molar-refractivity contribution in [2.45, 2.75) is 51.2 Å². The summed E-state index contributed by atoms with van der Waals surface area (Å²) in [7, 11) is 1.55. The fourth-order valence-electron chi connectivity index (χ4n) is 3.89. The summed E-state index contributed by atoms with van der Waals surface area (Å²) < 4.78 is 19.2. The first-order valence-corrected chi connectivity index (χ1v) is 12.2. The Hall–Kier alpha value is -3.53. The Balaban J connectivity index is 1.80. The summed E-state index contributed by atoms with van der Waals surface area (Å²) >= 11 is 0. The van der Waals surface area contributed by atoms with Gasteiger partial charge in [0, 0.05) is 32.8 Å². The van der Waals surface area contributed by atoms with Crippen LogP contribution in [0.3, 0.4) is 0 Å². The van der Waals surface area contributed by atoms with Crippen LogP contribution in [0.4, 0.5) is 4.39 Å². The molecule has 1 unspecified atom stereocenters. The SMILES string of the molecule is CC1NCCOc2cccnc2CCCNC(=O)[C@@H](Cc2ccc(F)cc2)NC(=O)[C@@H](C)N(C)C1=O. The maximum atomic E-state index is 13.4. The predicted octanol–water partition coefficient (Wildman–Crippen LogP) is 1.21. The Bertz CT molecular complexity index is 1050. The first-order chi connectivity index (χ1) is 17.3. The molecule has 0 saturated heterocycles. The topological polar surface area (TPSA) is 113 Å². The highest BCUT2D eigenvalue weighted by molar-refractivity contribution is 5.92. The Morgan fingerprint density at radius 3 is 2.58 bits per heavy atom. The van der Waals surface area contributed by atoms with Crippen molar-refractivity contribution in [2.75, 3.05) is 26.7 Å². The van der Waals surface area contributed by atoms with Gasteiger partial charge in [-0.05, 0) is 56.5 Å². The fourth-order valence-corrected chi connectivity index (χ4v) is 3.89. The first kappa shape index (κ1) is 27.1. The molecule has 0 spiro atoms. The molecule has 0 fully saturated rings. The van der Waals surface area contributed by atoms with Gasteiger partial charge in [0.25, 0.3) is 0 Å². The van der Waals surface area contributed by atoms with Crippen molar-refractivity contribution in [2.24, 2.45) is 0 Å². The van der Waals surface area contributed by atoms with E-state index in [1.807, 2.05) is 6.07 Å². The zero-order chi connectivity index (χ0) is 26.1. The Kier molecular flexibility index (Phi) is 9.75. The molecule has 3 amide bonds. The van der Waals surface area contributed by atoms with E-state index in [0.29, 0.717) is 43.9 Å². The number of aryl methyl sites for hydroxylation is 1. The second-order valence-corrected chi connectivity index (χ2v) is 8.88. The van der Waals surface area contributed by atoms with Gasteiger partial charge in [-0.25, -0.2) is 4.39 Å². The number of aromatic nitrogens is 1. The molecule has 0 saturated carbocycles. The Morgan fingerprint density at radius 2 is 1.83 bits per heavy atom. The number of rotatable bonds is 2. The lowest BCUT2D eigenvalue weighted by Gasteiger charge is -2.29. The Labute approximate surface area is 210 Å². The zero-order valence-corrected chi connectivity index (χ0v) is 20.9. The number of pyridine rings is 1. The fraction of sp³-hybridized carbons (Fsp3) is 0.462. The summed E-state index contributed by atoms with van der Waals surface area (Å²) in [5.74, 6) is -0.796. The van der Waals surface area contributed by atoms with Crippen LogP contribution in [0.2, 0.25) is 0 Å². The number of likely N-dealkylation sites (N-methyl/N-ethyl adjacent to an activating group) is 1. The predicted molar refractivity (Wildman–Crippen MR) is 133 cm³/mol. The molecular formula is C26H34FN5O4. The zero-order valence-electron chi connectivity index (χ0n) is 20.9. The molecule has 0 radical (unpaired) electrons. The molecule has 2 heterocycles. The third kappa shape index (κ3) is 7.48. The normalized spacial score (nSPS) is 22.9. The third-order valence-corrected chi connectivity index (χ3v) is 6.21. The third-order valence-electron chi connectivity index (χ3n) is 6.21.